The summed E-state index contributed by atoms with van der Waals surface area (Å²) in [6.45, 7) is 0.537. The van der Waals surface area contributed by atoms with Gasteiger partial charge in [-0.1, -0.05) is 19.3 Å². The summed E-state index contributed by atoms with van der Waals surface area (Å²) in [6, 6.07) is 0.00668. The molecule has 1 aliphatic carbocycles. The van der Waals surface area contributed by atoms with Crippen LogP contribution in [0.1, 0.15) is 44.1 Å². The molecule has 2 N–H and O–H groups in total. The van der Waals surface area contributed by atoms with Crippen molar-refractivity contribution in [2.24, 2.45) is 7.05 Å². The number of amides is 1. The zero-order valence-electron chi connectivity index (χ0n) is 13.4. The van der Waals surface area contributed by atoms with Gasteiger partial charge in [0.05, 0.1) is 24.7 Å². The number of ether oxygens (including phenoxy) is 1. The third kappa shape index (κ3) is 3.39. The molecule has 7 heteroatoms. The van der Waals surface area contributed by atoms with Gasteiger partial charge in [-0.05, 0) is 19.3 Å². The normalized spacial score (nSPS) is 23.1. The molecule has 23 heavy (non-hydrogen) atoms. The van der Waals surface area contributed by atoms with E-state index in [-0.39, 0.29) is 29.5 Å². The first-order valence-corrected chi connectivity index (χ1v) is 8.20. The Labute approximate surface area is 134 Å². The van der Waals surface area contributed by atoms with E-state index in [9.17, 15) is 14.4 Å². The van der Waals surface area contributed by atoms with Gasteiger partial charge in [-0.2, -0.15) is 0 Å². The highest BCUT2D eigenvalue weighted by Gasteiger charge is 2.41. The lowest BCUT2D eigenvalue weighted by atomic mass is 9.82. The van der Waals surface area contributed by atoms with Crippen LogP contribution in [-0.2, 0) is 23.0 Å². The van der Waals surface area contributed by atoms with Crippen molar-refractivity contribution < 1.29 is 9.53 Å². The van der Waals surface area contributed by atoms with Crippen molar-refractivity contribution >= 4 is 5.91 Å². The van der Waals surface area contributed by atoms with Crippen LogP contribution in [0, 0.1) is 0 Å². The van der Waals surface area contributed by atoms with E-state index in [1.54, 1.807) is 0 Å². The van der Waals surface area contributed by atoms with Gasteiger partial charge in [-0.3, -0.25) is 14.2 Å². The fourth-order valence-corrected chi connectivity index (χ4v) is 3.67. The van der Waals surface area contributed by atoms with Crippen molar-refractivity contribution in [3.05, 3.63) is 32.6 Å². The maximum Gasteiger partial charge on any atom is 0.328 e. The third-order valence-electron chi connectivity index (χ3n) is 4.94. The van der Waals surface area contributed by atoms with E-state index in [1.807, 2.05) is 0 Å². The molecule has 2 heterocycles. The number of aromatic amines is 1. The molecule has 1 saturated heterocycles. The molecule has 126 valence electrons. The van der Waals surface area contributed by atoms with Gasteiger partial charge in [0.2, 0.25) is 5.91 Å². The van der Waals surface area contributed by atoms with E-state index in [4.69, 9.17) is 4.74 Å². The second-order valence-electron chi connectivity index (χ2n) is 6.68. The molecule has 0 unspecified atom stereocenters. The summed E-state index contributed by atoms with van der Waals surface area (Å²) in [5, 5.41) is 2.96. The van der Waals surface area contributed by atoms with Gasteiger partial charge in [0, 0.05) is 18.8 Å². The number of rotatable bonds is 3. The molecule has 0 aromatic carbocycles. The molecule has 1 saturated carbocycles. The Morgan fingerprint density at radius 2 is 2.13 bits per heavy atom. The second-order valence-corrected chi connectivity index (χ2v) is 6.68. The van der Waals surface area contributed by atoms with E-state index >= 15 is 0 Å². The summed E-state index contributed by atoms with van der Waals surface area (Å²) in [4.78, 5) is 37.9. The van der Waals surface area contributed by atoms with Crippen molar-refractivity contribution in [3.8, 4) is 0 Å². The first-order chi connectivity index (χ1) is 11.0. The quantitative estimate of drug-likeness (QED) is 0.833. The SMILES string of the molecule is Cn1c(=O)[nH]cc(CC(=O)N[C@H]2COC3(CCCCC3)C2)c1=O. The first kappa shape index (κ1) is 16.0. The van der Waals surface area contributed by atoms with Crippen LogP contribution < -0.4 is 16.6 Å². The summed E-state index contributed by atoms with van der Waals surface area (Å²) in [7, 11) is 1.39. The molecular formula is C16H23N3O4. The Morgan fingerprint density at radius 1 is 1.39 bits per heavy atom. The number of nitrogens with zero attached hydrogens (tertiary/aromatic N) is 1. The van der Waals surface area contributed by atoms with Gasteiger partial charge in [0.1, 0.15) is 0 Å². The van der Waals surface area contributed by atoms with Crippen molar-refractivity contribution in [2.75, 3.05) is 6.61 Å². The fraction of sp³-hybridized carbons (Fsp3) is 0.688. The van der Waals surface area contributed by atoms with Gasteiger partial charge in [0.25, 0.3) is 5.56 Å². The van der Waals surface area contributed by atoms with E-state index in [0.717, 1.165) is 23.8 Å². The summed E-state index contributed by atoms with van der Waals surface area (Å²) < 4.78 is 6.95. The van der Waals surface area contributed by atoms with Crippen LogP contribution in [0.2, 0.25) is 0 Å². The number of hydrogen-bond acceptors (Lipinski definition) is 4. The van der Waals surface area contributed by atoms with Crippen LogP contribution in [-0.4, -0.2) is 33.7 Å². The van der Waals surface area contributed by atoms with E-state index in [0.29, 0.717) is 6.61 Å². The monoisotopic (exact) mass is 321 g/mol. The number of nitrogens with one attached hydrogen (secondary N) is 2. The van der Waals surface area contributed by atoms with Crippen LogP contribution >= 0.6 is 0 Å². The van der Waals surface area contributed by atoms with Gasteiger partial charge in [-0.25, -0.2) is 4.79 Å². The predicted octanol–water partition coefficient (Wildman–Crippen LogP) is 0.224. The molecule has 0 bridgehead atoms. The number of hydrogen-bond donors (Lipinski definition) is 2. The molecule has 0 radical (unpaired) electrons. The van der Waals surface area contributed by atoms with Crippen molar-refractivity contribution in [2.45, 2.75) is 56.6 Å². The van der Waals surface area contributed by atoms with Gasteiger partial charge in [-0.15, -0.1) is 0 Å². The topological polar surface area (TPSA) is 93.2 Å². The zero-order chi connectivity index (χ0) is 16.4. The molecule has 3 rings (SSSR count). The highest BCUT2D eigenvalue weighted by atomic mass is 16.5. The third-order valence-corrected chi connectivity index (χ3v) is 4.94. The summed E-state index contributed by atoms with van der Waals surface area (Å²) in [6.07, 6.45) is 7.91. The number of carbonyl (C=O) groups is 1. The van der Waals surface area contributed by atoms with Crippen LogP contribution in [0.3, 0.4) is 0 Å². The second kappa shape index (κ2) is 6.31. The average molecular weight is 321 g/mol. The standard InChI is InChI=1S/C16H23N3O4/c1-19-14(21)11(9-17-15(19)22)7-13(20)18-12-8-16(23-10-12)5-3-2-4-6-16/h9,12H,2-8,10H2,1H3,(H,17,22)(H,18,20)/t12-/m1/s1. The zero-order valence-corrected chi connectivity index (χ0v) is 13.4. The Kier molecular flexibility index (Phi) is 4.39. The highest BCUT2D eigenvalue weighted by Crippen LogP contribution is 2.39. The van der Waals surface area contributed by atoms with E-state index in [1.165, 1.54) is 32.5 Å². The molecule has 2 aliphatic rings. The van der Waals surface area contributed by atoms with Crippen molar-refractivity contribution in [1.29, 1.82) is 0 Å². The number of aromatic nitrogens is 2. The minimum absolute atomic E-state index is 0.00668. The van der Waals surface area contributed by atoms with E-state index in [2.05, 4.69) is 10.3 Å². The largest absolute Gasteiger partial charge is 0.373 e. The van der Waals surface area contributed by atoms with Crippen molar-refractivity contribution in [3.63, 3.8) is 0 Å². The molecule has 7 nitrogen and oxygen atoms in total. The maximum absolute atomic E-state index is 12.2. The Morgan fingerprint density at radius 3 is 2.87 bits per heavy atom. The minimum atomic E-state index is -0.484. The first-order valence-electron chi connectivity index (χ1n) is 8.20. The predicted molar refractivity (Wildman–Crippen MR) is 84.3 cm³/mol. The average Bonchev–Trinajstić information content (AvgIpc) is 2.91. The van der Waals surface area contributed by atoms with Crippen LogP contribution in [0.15, 0.2) is 15.8 Å². The van der Waals surface area contributed by atoms with Gasteiger partial charge in [0.15, 0.2) is 0 Å². The lowest BCUT2D eigenvalue weighted by Crippen LogP contribution is -2.40. The van der Waals surface area contributed by atoms with Crippen LogP contribution in [0.5, 0.6) is 0 Å². The van der Waals surface area contributed by atoms with Crippen LogP contribution in [0.4, 0.5) is 0 Å². The minimum Gasteiger partial charge on any atom is -0.373 e. The fourth-order valence-electron chi connectivity index (χ4n) is 3.67. The lowest BCUT2D eigenvalue weighted by molar-refractivity contribution is -0.121. The summed E-state index contributed by atoms with van der Waals surface area (Å²) in [5.41, 5.74) is -0.682. The molecule has 1 atom stereocenters. The molecule has 1 aromatic heterocycles. The molecule has 1 amide bonds. The molecule has 1 aromatic rings. The van der Waals surface area contributed by atoms with Gasteiger partial charge < -0.3 is 15.0 Å². The van der Waals surface area contributed by atoms with Gasteiger partial charge >= 0.3 is 5.69 Å². The maximum atomic E-state index is 12.2. The highest BCUT2D eigenvalue weighted by molar-refractivity contribution is 5.78. The van der Waals surface area contributed by atoms with Crippen molar-refractivity contribution in [1.82, 2.24) is 14.9 Å². The summed E-state index contributed by atoms with van der Waals surface area (Å²) >= 11 is 0. The molecule has 2 fully saturated rings. The van der Waals surface area contributed by atoms with E-state index < -0.39 is 11.2 Å². The van der Waals surface area contributed by atoms with Crippen LogP contribution in [0.25, 0.3) is 0 Å². The molecule has 1 aliphatic heterocycles. The Hall–Kier alpha value is -1.89. The molecule has 1 spiro atoms. The smallest absolute Gasteiger partial charge is 0.328 e. The lowest BCUT2D eigenvalue weighted by Gasteiger charge is -2.32. The summed E-state index contributed by atoms with van der Waals surface area (Å²) in [5.74, 6) is -0.212. The Balaban J connectivity index is 1.59. The molecular weight excluding hydrogens is 298 g/mol. The number of carbonyl (C=O) groups excluding carboxylic acids is 1. The Bertz CT molecular complexity index is 700. The number of H-pyrrole nitrogens is 1.